The van der Waals surface area contributed by atoms with Gasteiger partial charge in [-0.1, -0.05) is 11.9 Å². The van der Waals surface area contributed by atoms with Crippen LogP contribution < -0.4 is 0 Å². The monoisotopic (exact) mass is 133 g/mol. The van der Waals surface area contributed by atoms with Gasteiger partial charge in [0.05, 0.1) is 6.10 Å². The normalized spacial score (nSPS) is 31.5. The number of aliphatic hydroxyl groups excluding tert-OH is 1. The van der Waals surface area contributed by atoms with Crippen LogP contribution in [-0.4, -0.2) is 34.9 Å². The maximum Gasteiger partial charge on any atom is 0.0689 e. The molecule has 1 aliphatic heterocycles. The SMILES string of the molecule is CSN1CCC(O)C1. The second-order valence-corrected chi connectivity index (χ2v) is 2.89. The largest absolute Gasteiger partial charge is 0.392 e. The zero-order valence-corrected chi connectivity index (χ0v) is 5.82. The Labute approximate surface area is 54.0 Å². The van der Waals surface area contributed by atoms with E-state index in [0.717, 1.165) is 19.5 Å². The van der Waals surface area contributed by atoms with Crippen LogP contribution in [0.2, 0.25) is 0 Å². The second-order valence-electron chi connectivity index (χ2n) is 2.01. The highest BCUT2D eigenvalue weighted by Gasteiger charge is 2.18. The van der Waals surface area contributed by atoms with Gasteiger partial charge in [0.15, 0.2) is 0 Å². The molecule has 0 aromatic carbocycles. The number of hydrogen-bond acceptors (Lipinski definition) is 3. The Morgan fingerprint density at radius 3 is 2.75 bits per heavy atom. The molecule has 48 valence electrons. The van der Waals surface area contributed by atoms with Crippen LogP contribution in [0.5, 0.6) is 0 Å². The molecule has 1 unspecified atom stereocenters. The second kappa shape index (κ2) is 2.71. The van der Waals surface area contributed by atoms with Gasteiger partial charge in [-0.15, -0.1) is 0 Å². The molecule has 0 aromatic rings. The molecule has 1 N–H and O–H groups in total. The van der Waals surface area contributed by atoms with Crippen LogP contribution in [0.25, 0.3) is 0 Å². The van der Waals surface area contributed by atoms with Crippen molar-refractivity contribution in [1.29, 1.82) is 0 Å². The molecule has 2 nitrogen and oxygen atoms in total. The maximum absolute atomic E-state index is 8.98. The molecule has 1 atom stereocenters. The Bertz CT molecular complexity index is 78.8. The van der Waals surface area contributed by atoms with E-state index in [4.69, 9.17) is 5.11 Å². The molecule has 0 saturated carbocycles. The molecule has 1 rings (SSSR count). The smallest absolute Gasteiger partial charge is 0.0689 e. The molecule has 3 heteroatoms. The first-order chi connectivity index (χ1) is 3.83. The summed E-state index contributed by atoms with van der Waals surface area (Å²) in [5.74, 6) is 0. The Hall–Kier alpha value is 0.270. The van der Waals surface area contributed by atoms with Crippen LogP contribution in [-0.2, 0) is 0 Å². The first-order valence-electron chi connectivity index (χ1n) is 2.80. The summed E-state index contributed by atoms with van der Waals surface area (Å²) in [6.45, 7) is 1.89. The molecule has 0 bridgehead atoms. The molecular formula is C5H11NOS. The number of aliphatic hydroxyl groups is 1. The van der Waals surface area contributed by atoms with Gasteiger partial charge < -0.3 is 5.11 Å². The van der Waals surface area contributed by atoms with Crippen molar-refractivity contribution in [3.8, 4) is 0 Å². The van der Waals surface area contributed by atoms with E-state index in [0.29, 0.717) is 0 Å². The average Bonchev–Trinajstić information content (AvgIpc) is 2.14. The van der Waals surface area contributed by atoms with Crippen molar-refractivity contribution >= 4 is 11.9 Å². The molecule has 1 saturated heterocycles. The highest BCUT2D eigenvalue weighted by Crippen LogP contribution is 2.15. The summed E-state index contributed by atoms with van der Waals surface area (Å²) in [6, 6.07) is 0. The standard InChI is InChI=1S/C5H11NOS/c1-8-6-3-2-5(7)4-6/h5,7H,2-4H2,1H3. The van der Waals surface area contributed by atoms with Crippen LogP contribution in [0.4, 0.5) is 0 Å². The van der Waals surface area contributed by atoms with Gasteiger partial charge in [-0.05, 0) is 12.7 Å². The van der Waals surface area contributed by atoms with Crippen molar-refractivity contribution in [3.05, 3.63) is 0 Å². The third-order valence-electron chi connectivity index (χ3n) is 1.38. The zero-order valence-electron chi connectivity index (χ0n) is 5.00. The van der Waals surface area contributed by atoms with Crippen molar-refractivity contribution in [3.63, 3.8) is 0 Å². The van der Waals surface area contributed by atoms with Crippen molar-refractivity contribution in [2.75, 3.05) is 19.3 Å². The number of β-amino-alcohol motifs (C(OH)–C–C–N with tert-alkyl or cyclic N) is 1. The van der Waals surface area contributed by atoms with Crippen LogP contribution >= 0.6 is 11.9 Å². The number of nitrogens with zero attached hydrogens (tertiary/aromatic N) is 1. The van der Waals surface area contributed by atoms with E-state index in [9.17, 15) is 0 Å². The lowest BCUT2D eigenvalue weighted by Gasteiger charge is -2.07. The van der Waals surface area contributed by atoms with E-state index in [1.54, 1.807) is 11.9 Å². The van der Waals surface area contributed by atoms with Gasteiger partial charge >= 0.3 is 0 Å². The molecule has 0 radical (unpaired) electrons. The molecule has 1 aliphatic rings. The van der Waals surface area contributed by atoms with Gasteiger partial charge in [0.25, 0.3) is 0 Å². The summed E-state index contributed by atoms with van der Waals surface area (Å²) >= 11 is 1.71. The van der Waals surface area contributed by atoms with E-state index in [-0.39, 0.29) is 6.10 Å². The van der Waals surface area contributed by atoms with Gasteiger partial charge in [0, 0.05) is 13.1 Å². The van der Waals surface area contributed by atoms with Crippen molar-refractivity contribution in [1.82, 2.24) is 4.31 Å². The Morgan fingerprint density at radius 2 is 2.50 bits per heavy atom. The van der Waals surface area contributed by atoms with E-state index < -0.39 is 0 Å². The minimum atomic E-state index is -0.0672. The minimum absolute atomic E-state index is 0.0672. The van der Waals surface area contributed by atoms with E-state index in [2.05, 4.69) is 4.31 Å². The first-order valence-corrected chi connectivity index (χ1v) is 3.98. The lowest BCUT2D eigenvalue weighted by atomic mass is 10.3. The summed E-state index contributed by atoms with van der Waals surface area (Å²) in [7, 11) is 0. The molecule has 8 heavy (non-hydrogen) atoms. The summed E-state index contributed by atoms with van der Waals surface area (Å²) in [5, 5.41) is 8.98. The topological polar surface area (TPSA) is 23.5 Å². The summed E-state index contributed by atoms with van der Waals surface area (Å²) in [5.41, 5.74) is 0. The lowest BCUT2D eigenvalue weighted by Crippen LogP contribution is -2.13. The molecule has 0 spiro atoms. The molecule has 0 aliphatic carbocycles. The summed E-state index contributed by atoms with van der Waals surface area (Å²) in [4.78, 5) is 0. The summed E-state index contributed by atoms with van der Waals surface area (Å²) < 4.78 is 2.17. The molecule has 1 heterocycles. The Kier molecular flexibility index (Phi) is 2.16. The third kappa shape index (κ3) is 1.37. The van der Waals surface area contributed by atoms with Crippen molar-refractivity contribution in [2.24, 2.45) is 0 Å². The predicted octanol–water partition coefficient (Wildman–Crippen LogP) is 0.331. The Morgan fingerprint density at radius 1 is 1.75 bits per heavy atom. The highest BCUT2D eigenvalue weighted by atomic mass is 32.2. The van der Waals surface area contributed by atoms with Crippen LogP contribution in [0.3, 0.4) is 0 Å². The van der Waals surface area contributed by atoms with Crippen molar-refractivity contribution in [2.45, 2.75) is 12.5 Å². The minimum Gasteiger partial charge on any atom is -0.392 e. The van der Waals surface area contributed by atoms with Gasteiger partial charge in [0.1, 0.15) is 0 Å². The summed E-state index contributed by atoms with van der Waals surface area (Å²) in [6.07, 6.45) is 2.92. The number of hydrogen-bond donors (Lipinski definition) is 1. The third-order valence-corrected chi connectivity index (χ3v) is 2.23. The van der Waals surface area contributed by atoms with Crippen LogP contribution in [0.15, 0.2) is 0 Å². The predicted molar refractivity (Wildman–Crippen MR) is 35.7 cm³/mol. The quantitative estimate of drug-likeness (QED) is 0.521. The van der Waals surface area contributed by atoms with Gasteiger partial charge in [0.2, 0.25) is 0 Å². The van der Waals surface area contributed by atoms with Crippen LogP contribution in [0, 0.1) is 0 Å². The molecular weight excluding hydrogens is 122 g/mol. The molecule has 0 amide bonds. The zero-order chi connectivity index (χ0) is 5.98. The van der Waals surface area contributed by atoms with E-state index in [1.807, 2.05) is 6.26 Å². The highest BCUT2D eigenvalue weighted by molar-refractivity contribution is 7.96. The van der Waals surface area contributed by atoms with Crippen molar-refractivity contribution < 1.29 is 5.11 Å². The van der Waals surface area contributed by atoms with E-state index in [1.165, 1.54) is 0 Å². The Balaban J connectivity index is 2.22. The van der Waals surface area contributed by atoms with Gasteiger partial charge in [-0.3, -0.25) is 0 Å². The fraction of sp³-hybridized carbons (Fsp3) is 1.00. The molecule has 0 aromatic heterocycles. The average molecular weight is 133 g/mol. The first kappa shape index (κ1) is 6.39. The maximum atomic E-state index is 8.98. The fourth-order valence-corrected chi connectivity index (χ4v) is 1.49. The number of rotatable bonds is 1. The van der Waals surface area contributed by atoms with Crippen LogP contribution in [0.1, 0.15) is 6.42 Å². The fourth-order valence-electron chi connectivity index (χ4n) is 0.876. The van der Waals surface area contributed by atoms with Gasteiger partial charge in [-0.2, -0.15) is 0 Å². The van der Waals surface area contributed by atoms with E-state index >= 15 is 0 Å². The lowest BCUT2D eigenvalue weighted by molar-refractivity contribution is 0.190. The van der Waals surface area contributed by atoms with Gasteiger partial charge in [-0.25, -0.2) is 4.31 Å². The molecule has 1 fully saturated rings.